The largest absolute Gasteiger partial charge is 0.0533 e. The molecule has 512 valence electrons. The molecule has 0 radical (unpaired) electrons. The van der Waals surface area contributed by atoms with Crippen LogP contribution in [0.5, 0.6) is 0 Å². The highest BCUT2D eigenvalue weighted by molar-refractivity contribution is 5.44. The molecule has 0 N–H and O–H groups in total. The van der Waals surface area contributed by atoms with Gasteiger partial charge in [-0.15, -0.1) is 0 Å². The lowest BCUT2D eigenvalue weighted by Crippen LogP contribution is -3.00. The molecule has 0 aromatic carbocycles. The van der Waals surface area contributed by atoms with Crippen molar-refractivity contribution in [2.45, 2.75) is 366 Å². The Labute approximate surface area is 563 Å². The molecule has 0 spiro atoms. The summed E-state index contributed by atoms with van der Waals surface area (Å²) < 4.78 is 0. The van der Waals surface area contributed by atoms with Crippen molar-refractivity contribution in [3.8, 4) is 0 Å². The standard InChI is InChI=1S/C12H18.C12H22.2C10H16.C10H18.C8H8.2C8H14.C7H12.C6H10/c1-2-8-5-7(1)11-9-3-4-10(6-9)12(8)11;1-2-6-11-8-4-5-9-12(10-11)7-3-1;1-7-2-9-4-8(1)5-10(3-7)6-9;1-2-9-7-4-5-8(6-7)10(9)3-1;1-3-9-5-2-6-10(4-1)8-7-9;1-2-5-3(1)7-4(1)6(2)8(5)7;1-2-8-5-3-7(1)4-6-8;1-2-7-4-5-8(3-1)6-7;1-2-7-4-3-6(1)5-7;1-2-6-3-5(1)4-6/h7-12H,1-6H2;11-12H,1-10H2;2*7-10H,1-6H2;9-10H,1-8H2;1-8H;2*7-8H,1-6H2;6-7H,1-5H2;5-6H,1-4H2. The highest BCUT2D eigenvalue weighted by Crippen LogP contribution is 3.01. The van der Waals surface area contributed by atoms with E-state index in [0.29, 0.717) is 0 Å². The summed E-state index contributed by atoms with van der Waals surface area (Å²) in [5, 5.41) is 0. The highest BCUT2D eigenvalue weighted by atomic mass is 15.0. The summed E-state index contributed by atoms with van der Waals surface area (Å²) in [4.78, 5) is 0. The van der Waals surface area contributed by atoms with Crippen molar-refractivity contribution in [1.29, 1.82) is 0 Å². The van der Waals surface area contributed by atoms with Gasteiger partial charge in [0, 0.05) is 0 Å². The summed E-state index contributed by atoms with van der Waals surface area (Å²) >= 11 is 0. The maximum atomic E-state index is 1.64. The van der Waals surface area contributed by atoms with E-state index in [4.69, 9.17) is 0 Å². The van der Waals surface area contributed by atoms with Gasteiger partial charge in [0.05, 0.1) is 0 Å². The molecule has 0 aromatic rings. The van der Waals surface area contributed by atoms with E-state index < -0.39 is 0 Å². The molecule has 12 unspecified atom stereocenters. The summed E-state index contributed by atoms with van der Waals surface area (Å²) in [7, 11) is 0. The number of rotatable bonds is 0. The molecule has 0 aromatic heterocycles. The Balaban J connectivity index is 0.0000000753. The van der Waals surface area contributed by atoms with E-state index in [9.17, 15) is 0 Å². The average molecular weight is 1240 g/mol. The summed E-state index contributed by atoms with van der Waals surface area (Å²) in [6.45, 7) is 0. The lowest BCUT2D eigenvalue weighted by molar-refractivity contribution is -0.565. The SMILES string of the molecule is C12C3C4C1C1C2C3C41.C1C2CC3CC1CC(C2)C3.C1CC2C3CCC(C3)C2C1.C1CC2CC1C1C3CCC(C3)C21.C1CC2CC1C2.C1CC2CCC(C1)C2.C1CC2CCC1C2.C1CC2CCC1CC2.C1CC2CCCC(C1)CC2.C1CCC2CCCCC(CC1)C2. The monoisotopic (exact) mass is 1240 g/mol. The molecule has 0 nitrogen and oxygen atoms in total. The number of hydrogen-bond donors (Lipinski definition) is 0. The minimum Gasteiger partial charge on any atom is -0.0533 e. The minimum absolute atomic E-state index is 1.12. The van der Waals surface area contributed by atoms with E-state index >= 15 is 0 Å². The van der Waals surface area contributed by atoms with Gasteiger partial charge in [0.15, 0.2) is 0 Å². The van der Waals surface area contributed by atoms with Crippen molar-refractivity contribution in [3.63, 3.8) is 0 Å². The summed E-state index contributed by atoms with van der Waals surface area (Å²) in [6.07, 6.45) is 89.5. The summed E-state index contributed by atoms with van der Waals surface area (Å²) in [5.74, 6) is 41.3. The first-order valence-electron chi connectivity index (χ1n) is 45.0. The molecule has 31 fully saturated rings. The van der Waals surface area contributed by atoms with E-state index in [-0.39, 0.29) is 0 Å². The van der Waals surface area contributed by atoms with Crippen LogP contribution >= 0.6 is 0 Å². The van der Waals surface area contributed by atoms with Crippen LogP contribution in [0.4, 0.5) is 0 Å². The molecular formula is C91H148. The average Bonchev–Trinajstić information content (AvgIpc) is 1.37. The molecule has 31 aliphatic rings. The fourth-order valence-electron chi connectivity index (χ4n) is 33.4. The molecule has 12 atom stereocenters. The fourth-order valence-corrected chi connectivity index (χ4v) is 33.4. The Hall–Kier alpha value is 0. The quantitative estimate of drug-likeness (QED) is 0.212. The zero-order chi connectivity index (χ0) is 59.9. The highest BCUT2D eigenvalue weighted by Gasteiger charge is 2.97. The smallest absolute Gasteiger partial charge is 0.0312 e. The fraction of sp³-hybridized carbons (Fsp3) is 1.00. The molecule has 0 aliphatic heterocycles. The Kier molecular flexibility index (Phi) is 19.6. The third-order valence-corrected chi connectivity index (χ3v) is 37.4. The van der Waals surface area contributed by atoms with E-state index in [0.717, 1.165) is 47.3 Å². The topological polar surface area (TPSA) is 0 Å². The Morgan fingerprint density at radius 3 is 0.604 bits per heavy atom. The molecule has 0 heteroatoms. The van der Waals surface area contributed by atoms with Crippen LogP contribution in [0.1, 0.15) is 366 Å². The summed E-state index contributed by atoms with van der Waals surface area (Å²) in [6, 6.07) is 0. The third kappa shape index (κ3) is 13.2. The van der Waals surface area contributed by atoms with Crippen molar-refractivity contribution in [2.24, 2.45) is 201 Å². The van der Waals surface area contributed by atoms with Gasteiger partial charge in [-0.2, -0.15) is 0 Å². The molecule has 91 heavy (non-hydrogen) atoms. The van der Waals surface area contributed by atoms with Crippen LogP contribution in [-0.4, -0.2) is 0 Å². The molecule has 0 heterocycles. The van der Waals surface area contributed by atoms with Gasteiger partial charge in [0.1, 0.15) is 0 Å². The lowest BCUT2D eigenvalue weighted by atomic mass is 9.01. The molecular weight excluding hydrogens is 1090 g/mol. The van der Waals surface area contributed by atoms with Crippen LogP contribution in [0.3, 0.4) is 0 Å². The predicted octanol–water partition coefficient (Wildman–Crippen LogP) is 26.4. The second kappa shape index (κ2) is 28.2. The first-order chi connectivity index (χ1) is 45.0. The predicted molar refractivity (Wildman–Crippen MR) is 382 cm³/mol. The van der Waals surface area contributed by atoms with Crippen LogP contribution in [0, 0.1) is 201 Å². The van der Waals surface area contributed by atoms with Gasteiger partial charge in [-0.05, 0) is 342 Å². The van der Waals surface area contributed by atoms with Gasteiger partial charge in [-0.25, -0.2) is 0 Å². The Morgan fingerprint density at radius 1 is 0.0989 bits per heavy atom. The van der Waals surface area contributed by atoms with Crippen molar-refractivity contribution in [1.82, 2.24) is 0 Å². The van der Waals surface area contributed by atoms with Gasteiger partial charge in [0.25, 0.3) is 0 Å². The van der Waals surface area contributed by atoms with Gasteiger partial charge >= 0.3 is 0 Å². The molecule has 31 saturated carbocycles. The summed E-state index contributed by atoms with van der Waals surface area (Å²) in [5.41, 5.74) is 0. The molecule has 31 rings (SSSR count). The number of fused-ring (bicyclic) bond motifs is 27. The normalized spacial score (nSPS) is 55.4. The maximum absolute atomic E-state index is 1.64. The third-order valence-electron chi connectivity index (χ3n) is 37.4. The van der Waals surface area contributed by atoms with Gasteiger partial charge < -0.3 is 0 Å². The van der Waals surface area contributed by atoms with E-state index in [1.807, 2.05) is 0 Å². The van der Waals surface area contributed by atoms with Crippen molar-refractivity contribution in [3.05, 3.63) is 0 Å². The van der Waals surface area contributed by atoms with Crippen LogP contribution in [0.15, 0.2) is 0 Å². The zero-order valence-corrected chi connectivity index (χ0v) is 59.9. The number of hydrogen-bond acceptors (Lipinski definition) is 0. The minimum atomic E-state index is 1.12. The van der Waals surface area contributed by atoms with Crippen LogP contribution in [0.25, 0.3) is 0 Å². The maximum Gasteiger partial charge on any atom is -0.0312 e. The molecule has 22 bridgehead atoms. The van der Waals surface area contributed by atoms with Crippen molar-refractivity contribution < 1.29 is 0 Å². The first kappa shape index (κ1) is 63.2. The lowest BCUT2D eigenvalue weighted by Gasteiger charge is -3.03. The Morgan fingerprint density at radius 2 is 0.297 bits per heavy atom. The second-order valence-corrected chi connectivity index (χ2v) is 41.8. The van der Waals surface area contributed by atoms with Crippen LogP contribution in [0.2, 0.25) is 0 Å². The molecule has 0 amide bonds. The van der Waals surface area contributed by atoms with Crippen molar-refractivity contribution in [2.75, 3.05) is 0 Å². The van der Waals surface area contributed by atoms with Gasteiger partial charge in [-0.1, -0.05) is 225 Å². The molecule has 31 aliphatic carbocycles. The van der Waals surface area contributed by atoms with Crippen molar-refractivity contribution >= 4 is 0 Å². The van der Waals surface area contributed by atoms with Gasteiger partial charge in [0.2, 0.25) is 0 Å². The van der Waals surface area contributed by atoms with Crippen LogP contribution in [-0.2, 0) is 0 Å². The van der Waals surface area contributed by atoms with E-state index in [1.165, 1.54) is 205 Å². The zero-order valence-electron chi connectivity index (χ0n) is 59.9. The van der Waals surface area contributed by atoms with Crippen LogP contribution < -0.4 is 0 Å². The van der Waals surface area contributed by atoms with E-state index in [2.05, 4.69) is 0 Å². The van der Waals surface area contributed by atoms with E-state index in [1.54, 1.807) is 315 Å². The Bertz CT molecular complexity index is 1970. The van der Waals surface area contributed by atoms with Gasteiger partial charge in [-0.3, -0.25) is 0 Å². The second-order valence-electron chi connectivity index (χ2n) is 41.8. The molecule has 0 saturated heterocycles. The first-order valence-corrected chi connectivity index (χ1v) is 45.0.